The van der Waals surface area contributed by atoms with E-state index >= 15 is 0 Å². The van der Waals surface area contributed by atoms with E-state index in [1.165, 1.54) is 66.2 Å². The molecule has 47 heteroatoms. The number of aromatic nitrogens is 4. The first-order valence-electron chi connectivity index (χ1n) is 40.8. The van der Waals surface area contributed by atoms with Crippen LogP contribution in [-0.2, 0) is 43.3 Å². The summed E-state index contributed by atoms with van der Waals surface area (Å²) in [6.45, 7) is 16.1. The molecule has 0 saturated carbocycles. The minimum Gasteiger partial charge on any atom is -0.478 e. The number of halogens is 3. The molecule has 700 valence electrons. The highest BCUT2D eigenvalue weighted by molar-refractivity contribution is 7.79. The molecule has 5 fully saturated rings. The first-order chi connectivity index (χ1) is 63.9. The molecule has 2 aromatic heterocycles. The highest BCUT2D eigenvalue weighted by atomic mass is 35.5. The van der Waals surface area contributed by atoms with Crippen molar-refractivity contribution >= 4 is 175 Å². The van der Waals surface area contributed by atoms with Crippen LogP contribution < -0.4 is 27.4 Å². The molecule has 11 aromatic rings. The van der Waals surface area contributed by atoms with Gasteiger partial charge >= 0.3 is 5.97 Å². The number of carbonyl (C=O) groups is 2. The van der Waals surface area contributed by atoms with Crippen LogP contribution in [0.25, 0.3) is 21.5 Å². The van der Waals surface area contributed by atoms with E-state index in [1.54, 1.807) is 24.6 Å². The first-order valence-corrected chi connectivity index (χ1v) is 42.8. The molecule has 0 aliphatic carbocycles. The van der Waals surface area contributed by atoms with Gasteiger partial charge in [0.05, 0.1) is 137 Å². The Balaban J connectivity index is 0.000000196. The van der Waals surface area contributed by atoms with Crippen LogP contribution in [0.2, 0.25) is 22.2 Å². The van der Waals surface area contributed by atoms with Crippen molar-refractivity contribution in [2.45, 2.75) is 45.7 Å². The van der Waals surface area contributed by atoms with Gasteiger partial charge in [-0.1, -0.05) is 90.7 Å². The van der Waals surface area contributed by atoms with Crippen LogP contribution in [0.15, 0.2) is 188 Å². The fourth-order valence-corrected chi connectivity index (χ4v) is 13.6. The topological polar surface area (TPSA) is 555 Å². The second-order valence-corrected chi connectivity index (χ2v) is 30.0. The third-order valence-electron chi connectivity index (χ3n) is 19.4. The summed E-state index contributed by atoms with van der Waals surface area (Å²) in [5, 5.41) is 98.4. The van der Waals surface area contributed by atoms with Gasteiger partial charge in [-0.3, -0.25) is 90.3 Å². The summed E-state index contributed by atoms with van der Waals surface area (Å²) in [4.78, 5) is 117. The van der Waals surface area contributed by atoms with Crippen molar-refractivity contribution in [1.29, 1.82) is 0 Å². The summed E-state index contributed by atoms with van der Waals surface area (Å²) in [6.07, 6.45) is 8.68. The molecule has 2 radical (unpaired) electrons. The molecule has 0 bridgehead atoms. The third-order valence-corrected chi connectivity index (χ3v) is 20.1. The Bertz CT molecular complexity index is 5670. The molecule has 16 rings (SSSR count). The number of nitrogens with zero attached hydrogens (tertiary/aromatic N) is 15. The Morgan fingerprint density at radius 1 is 0.398 bits per heavy atom. The predicted octanol–water partition coefficient (Wildman–Crippen LogP) is 16.3. The maximum atomic E-state index is 12.2. The highest BCUT2D eigenvalue weighted by Gasteiger charge is 2.27. The number of anilines is 8. The summed E-state index contributed by atoms with van der Waals surface area (Å²) >= 11 is 21.7. The summed E-state index contributed by atoms with van der Waals surface area (Å²) in [5.74, 6) is -0.466. The number of ether oxygens (including phenoxy) is 5. The lowest BCUT2D eigenvalue weighted by atomic mass is 10.1. The number of benzene rings is 9. The molecule has 133 heavy (non-hydrogen) atoms. The Kier molecular flexibility index (Phi) is 42.7. The van der Waals surface area contributed by atoms with E-state index in [9.17, 15) is 80.4 Å². The van der Waals surface area contributed by atoms with Crippen molar-refractivity contribution in [3.63, 3.8) is 0 Å². The monoisotopic (exact) mass is 1910 g/mol. The Labute approximate surface area is 782 Å². The number of carbonyl (C=O) groups excluding carboxylic acids is 1. The average molecular weight is 1910 g/mol. The number of nitrogens with one attached hydrogen (secondary N) is 3. The van der Waals surface area contributed by atoms with Gasteiger partial charge in [0.15, 0.2) is 11.6 Å². The number of carboxylic acid groups (broad SMARTS) is 1. The van der Waals surface area contributed by atoms with Crippen molar-refractivity contribution in [1.82, 2.24) is 39.5 Å². The van der Waals surface area contributed by atoms with Crippen molar-refractivity contribution in [2.75, 3.05) is 152 Å². The molecule has 5 aliphatic heterocycles. The number of hydrogen-bond acceptors (Lipinski definition) is 34. The standard InChI is InChI=1S/C25H25ClN6O.C14H9Cl2N3.C11H11N3O6.C11H13N3O5.C11H15N3O3.C7H4N2O6.C5H10O.CH3B.CH4S/c26-23-15-28-25(31-24(23)29-21-6-5-18-3-1-2-4-19(18)13-21)30-22-12-17(11-20(27)14-22)16-32-7-9-33-10-8-32;15-12-8-17-14(16)19-13(12)18-11-6-5-9-3-1-2-4-10(9)7-11;15-11(12-1-3-20-4-2-12)8-5-9(13(16)17)7-10(6-8)14(18)19;15-13(16)10-5-9(6-11(7-10)14(17)18)8-12-1-3-19-4-2-12;12-10-5-9(6-11(7-10)14(15)16)8-13-1-3-17-4-2-13;10-7(11)4-1-5(8(12)13)3-6(2-4)9(14)15;1-2-4-6-5-3-1;2*1-2/h1-6,11-15H,7-10,16,27H2,(H2,28,29,30,31);1-8H,(H,17,18,19);5-7H,1-4H2;5-7H,1-4,8H2;5-7H,1-4,8,12H2;1-3H,(H,10,11);1-5H2;1H3;2H,1H3. The predicted molar refractivity (Wildman–Crippen MR) is 508 cm³/mol. The van der Waals surface area contributed by atoms with E-state index in [2.05, 4.69) is 109 Å². The largest absolute Gasteiger partial charge is 0.478 e. The van der Waals surface area contributed by atoms with E-state index < -0.39 is 74.7 Å². The highest BCUT2D eigenvalue weighted by Crippen LogP contribution is 2.33. The van der Waals surface area contributed by atoms with Gasteiger partial charge in [0.1, 0.15) is 10.0 Å². The molecule has 0 spiro atoms. The van der Waals surface area contributed by atoms with Gasteiger partial charge < -0.3 is 61.1 Å². The summed E-state index contributed by atoms with van der Waals surface area (Å²) in [5.41, 5.74) is 14.9. The lowest BCUT2D eigenvalue weighted by Gasteiger charge is -2.26. The number of morpholine rings is 4. The van der Waals surface area contributed by atoms with Gasteiger partial charge in [-0.2, -0.15) is 22.6 Å². The second kappa shape index (κ2) is 54.2. The quantitative estimate of drug-likeness (QED) is 0.00877. The van der Waals surface area contributed by atoms with Crippen molar-refractivity contribution in [3.05, 3.63) is 302 Å². The van der Waals surface area contributed by atoms with Gasteiger partial charge in [-0.05, 0) is 124 Å². The van der Waals surface area contributed by atoms with Crippen LogP contribution in [0, 0.1) is 70.8 Å². The Morgan fingerprint density at radius 3 is 1.12 bits per heavy atom. The van der Waals surface area contributed by atoms with Crippen molar-refractivity contribution in [2.24, 2.45) is 0 Å². The van der Waals surface area contributed by atoms with E-state index in [0.29, 0.717) is 116 Å². The first kappa shape index (κ1) is 105. The molecule has 8 N–H and O–H groups in total. The molecule has 7 heterocycles. The summed E-state index contributed by atoms with van der Waals surface area (Å²) in [6, 6.07) is 48.0. The van der Waals surface area contributed by atoms with Gasteiger partial charge in [0.25, 0.3) is 45.7 Å². The van der Waals surface area contributed by atoms with Crippen LogP contribution >= 0.6 is 47.4 Å². The van der Waals surface area contributed by atoms with E-state index in [4.69, 9.17) is 75.1 Å². The van der Waals surface area contributed by atoms with Gasteiger partial charge in [-0.25, -0.2) is 14.8 Å². The molecule has 1 amide bonds. The zero-order chi connectivity index (χ0) is 96.5. The minimum atomic E-state index is -1.46. The molecular formula is C86H94BCl3N20O22S. The van der Waals surface area contributed by atoms with Crippen LogP contribution in [-0.4, -0.2) is 224 Å². The fourth-order valence-electron chi connectivity index (χ4n) is 13.2. The molecular weight excluding hydrogens is 1810 g/mol. The Hall–Kier alpha value is -13.6. The number of nitro groups is 7. The third kappa shape index (κ3) is 34.9. The smallest absolute Gasteiger partial charge is 0.336 e. The van der Waals surface area contributed by atoms with E-state index in [-0.39, 0.29) is 27.9 Å². The van der Waals surface area contributed by atoms with Crippen LogP contribution in [0.3, 0.4) is 0 Å². The number of carboxylic acids is 1. The molecule has 0 unspecified atom stereocenters. The molecule has 0 atom stereocenters. The van der Waals surface area contributed by atoms with Gasteiger partial charge in [-0.15, -0.1) is 0 Å². The zero-order valence-electron chi connectivity index (χ0n) is 71.9. The van der Waals surface area contributed by atoms with E-state index in [0.717, 1.165) is 148 Å². The number of hydrogen-bond donors (Lipinski definition) is 7. The summed E-state index contributed by atoms with van der Waals surface area (Å²) < 4.78 is 26.1. The van der Waals surface area contributed by atoms with Crippen LogP contribution in [0.5, 0.6) is 0 Å². The van der Waals surface area contributed by atoms with Gasteiger partial charge in [0.2, 0.25) is 11.2 Å². The van der Waals surface area contributed by atoms with Crippen LogP contribution in [0.4, 0.5) is 85.8 Å². The number of aromatic carboxylic acids is 1. The summed E-state index contributed by atoms with van der Waals surface area (Å²) in [7, 11) is 4.50. The number of nitro benzene ring substituents is 7. The average Bonchev–Trinajstić information content (AvgIpc) is 0.814. The normalized spacial score (nSPS) is 14.0. The fraction of sp³-hybridized carbons (Fsp3) is 0.302. The van der Waals surface area contributed by atoms with Crippen molar-refractivity contribution < 1.29 is 72.8 Å². The maximum Gasteiger partial charge on any atom is 0.336 e. The number of nitrogen functional groups attached to an aromatic ring is 2. The molecule has 42 nitrogen and oxygen atoms in total. The van der Waals surface area contributed by atoms with Crippen LogP contribution in [0.1, 0.15) is 56.7 Å². The van der Waals surface area contributed by atoms with Crippen molar-refractivity contribution in [3.8, 4) is 0 Å². The lowest BCUT2D eigenvalue weighted by Crippen LogP contribution is -2.40. The van der Waals surface area contributed by atoms with E-state index in [1.807, 2.05) is 65.6 Å². The number of fused-ring (bicyclic) bond motifs is 2. The molecule has 5 aliphatic rings. The number of rotatable bonds is 21. The maximum absolute atomic E-state index is 12.2. The Morgan fingerprint density at radius 2 is 0.737 bits per heavy atom. The number of amides is 1. The second-order valence-electron chi connectivity index (χ2n) is 28.8. The van der Waals surface area contributed by atoms with Gasteiger partial charge in [0, 0.05) is 162 Å². The zero-order valence-corrected chi connectivity index (χ0v) is 75.1. The SMILES string of the molecule is C1CCOCC1.CS.Clc1ncc(Cl)c(Nc2ccc3ccccc3c2)n1.Nc1cc(CN2CCOCC2)cc(Nc2ncc(Cl)c(Nc3ccc4ccccc4c3)n2)c1.Nc1cc(CN2CCOCC2)cc([N+](=O)[O-])c1.O=C(O)c1cc([N+](=O)[O-])cc([N+](=O)[O-])c1.O=C(c1cc([N+](=O)[O-])cc([N+](=O)[O-])c1)N1CCOCC1.O=[N+]([O-])c1cc(CN2CCOCC2)cc([N+](=O)[O-])c1.[B]C. The number of non-ortho nitro benzene ring substituents is 7. The molecule has 5 saturated heterocycles. The number of thiol groups is 1. The lowest BCUT2D eigenvalue weighted by molar-refractivity contribution is -0.394. The number of nitrogens with two attached hydrogens (primary N) is 2. The minimum absolute atomic E-state index is 0.0493. The molecule has 9 aromatic carbocycles.